The fraction of sp³-hybridized carbons (Fsp3) is 0.550. The molecule has 2 aliphatic rings. The lowest BCUT2D eigenvalue weighted by Gasteiger charge is -2.38. The van der Waals surface area contributed by atoms with Crippen molar-refractivity contribution in [1.82, 2.24) is 14.8 Å². The van der Waals surface area contributed by atoms with Gasteiger partial charge >= 0.3 is 6.09 Å². The van der Waals surface area contributed by atoms with Gasteiger partial charge in [0.25, 0.3) is 0 Å². The molecule has 1 aromatic heterocycles. The molecule has 0 radical (unpaired) electrons. The number of rotatable bonds is 6. The maximum Gasteiger partial charge on any atom is 0.410 e. The number of H-pyrrole nitrogens is 1. The Balaban J connectivity index is 1.26. The molecular formula is C20H27N3O4. The molecule has 2 aliphatic heterocycles. The summed E-state index contributed by atoms with van der Waals surface area (Å²) in [5.74, 6) is 0.780. The van der Waals surface area contributed by atoms with E-state index < -0.39 is 6.10 Å². The summed E-state index contributed by atoms with van der Waals surface area (Å²) in [6.45, 7) is 5.79. The van der Waals surface area contributed by atoms with Gasteiger partial charge in [-0.1, -0.05) is 6.07 Å². The average Bonchev–Trinajstić information content (AvgIpc) is 3.27. The van der Waals surface area contributed by atoms with E-state index in [-0.39, 0.29) is 18.3 Å². The van der Waals surface area contributed by atoms with E-state index >= 15 is 0 Å². The van der Waals surface area contributed by atoms with Crippen LogP contribution < -0.4 is 4.74 Å². The molecule has 0 aliphatic carbocycles. The lowest BCUT2D eigenvalue weighted by atomic mass is 9.91. The molecule has 1 atom stereocenters. The summed E-state index contributed by atoms with van der Waals surface area (Å²) in [7, 11) is 0. The fourth-order valence-electron chi connectivity index (χ4n) is 4.06. The predicted molar refractivity (Wildman–Crippen MR) is 102 cm³/mol. The maximum atomic E-state index is 11.9. The molecule has 7 heteroatoms. The van der Waals surface area contributed by atoms with Crippen molar-refractivity contribution in [3.63, 3.8) is 0 Å². The van der Waals surface area contributed by atoms with Gasteiger partial charge in [0.2, 0.25) is 0 Å². The number of piperidine rings is 1. The van der Waals surface area contributed by atoms with E-state index in [1.807, 2.05) is 37.4 Å². The van der Waals surface area contributed by atoms with Gasteiger partial charge in [0, 0.05) is 56.1 Å². The van der Waals surface area contributed by atoms with Crippen LogP contribution in [0.25, 0.3) is 10.9 Å². The molecule has 2 aromatic rings. The van der Waals surface area contributed by atoms with Gasteiger partial charge < -0.3 is 29.4 Å². The second kappa shape index (κ2) is 7.40. The van der Waals surface area contributed by atoms with Gasteiger partial charge in [-0.05, 0) is 25.1 Å². The van der Waals surface area contributed by atoms with Crippen LogP contribution in [0.2, 0.25) is 0 Å². The third kappa shape index (κ3) is 3.75. The average molecular weight is 373 g/mol. The molecule has 0 saturated carbocycles. The number of nitrogens with one attached hydrogen (secondary N) is 1. The number of aromatic nitrogens is 1. The molecule has 2 fully saturated rings. The topological polar surface area (TPSA) is 78.0 Å². The number of hydrogen-bond donors (Lipinski definition) is 2. The minimum absolute atomic E-state index is 0.196. The summed E-state index contributed by atoms with van der Waals surface area (Å²) in [5.41, 5.74) is 0.685. The summed E-state index contributed by atoms with van der Waals surface area (Å²) in [6.07, 6.45) is 2.74. The number of likely N-dealkylation sites (N-methyl/N-ethyl adjacent to an activating group) is 1. The highest BCUT2D eigenvalue weighted by atomic mass is 16.6. The molecule has 7 nitrogen and oxygen atoms in total. The zero-order chi connectivity index (χ0) is 18.9. The number of likely N-dealkylation sites (tertiary alicyclic amines) is 1. The maximum absolute atomic E-state index is 11.9. The third-order valence-corrected chi connectivity index (χ3v) is 5.65. The van der Waals surface area contributed by atoms with Crippen molar-refractivity contribution in [3.05, 3.63) is 30.5 Å². The first-order chi connectivity index (χ1) is 13.1. The van der Waals surface area contributed by atoms with Crippen LogP contribution in [-0.4, -0.2) is 77.0 Å². The number of β-amino-alcohol motifs (C(OH)–C–C–N with tert-alkyl or cyclic N) is 1. The number of fused-ring (bicyclic) bond motifs is 1. The molecule has 3 heterocycles. The first kappa shape index (κ1) is 18.1. The van der Waals surface area contributed by atoms with E-state index in [9.17, 15) is 9.90 Å². The Morgan fingerprint density at radius 2 is 2.15 bits per heavy atom. The lowest BCUT2D eigenvalue weighted by Crippen LogP contribution is -2.49. The molecule has 4 rings (SSSR count). The Morgan fingerprint density at radius 3 is 2.89 bits per heavy atom. The van der Waals surface area contributed by atoms with Gasteiger partial charge in [-0.15, -0.1) is 0 Å². The van der Waals surface area contributed by atoms with Crippen molar-refractivity contribution in [2.45, 2.75) is 31.5 Å². The molecular weight excluding hydrogens is 346 g/mol. The summed E-state index contributed by atoms with van der Waals surface area (Å²) in [6, 6.07) is 7.83. The summed E-state index contributed by atoms with van der Waals surface area (Å²) < 4.78 is 11.5. The number of ether oxygens (including phenoxy) is 2. The molecule has 1 aromatic carbocycles. The summed E-state index contributed by atoms with van der Waals surface area (Å²) in [5, 5.41) is 11.4. The molecule has 1 amide bonds. The number of aliphatic hydroxyl groups excluding tert-OH is 1. The normalized spacial score (nSPS) is 21.0. The highest BCUT2D eigenvalue weighted by Crippen LogP contribution is 2.33. The second-order valence-electron chi connectivity index (χ2n) is 7.53. The SMILES string of the molecule is CCN1CC2(CCN(CC(O)COc3cccc4[nH]ccc34)CC2)OC1=O. The van der Waals surface area contributed by atoms with Crippen LogP contribution in [0.1, 0.15) is 19.8 Å². The fourth-order valence-corrected chi connectivity index (χ4v) is 4.06. The monoisotopic (exact) mass is 373 g/mol. The number of carbonyl (C=O) groups is 1. The van der Waals surface area contributed by atoms with Crippen molar-refractivity contribution in [1.29, 1.82) is 0 Å². The minimum Gasteiger partial charge on any atom is -0.490 e. The van der Waals surface area contributed by atoms with E-state index in [1.54, 1.807) is 4.90 Å². The molecule has 146 valence electrons. The van der Waals surface area contributed by atoms with Gasteiger partial charge in [0.1, 0.15) is 24.1 Å². The van der Waals surface area contributed by atoms with Gasteiger partial charge in [0.05, 0.1) is 6.54 Å². The standard InChI is InChI=1S/C20H27N3O4/c1-2-23-14-20(27-19(23)25)7-10-22(11-8-20)12-15(24)13-26-18-5-3-4-17-16(18)6-9-21-17/h3-6,9,15,21,24H,2,7-8,10-14H2,1H3. The highest BCUT2D eigenvalue weighted by molar-refractivity contribution is 5.85. The summed E-state index contributed by atoms with van der Waals surface area (Å²) >= 11 is 0. The van der Waals surface area contributed by atoms with Gasteiger partial charge in [-0.3, -0.25) is 0 Å². The van der Waals surface area contributed by atoms with E-state index in [2.05, 4.69) is 9.88 Å². The molecule has 1 unspecified atom stereocenters. The number of aromatic amines is 1. The first-order valence-corrected chi connectivity index (χ1v) is 9.66. The number of amides is 1. The van der Waals surface area contributed by atoms with Crippen molar-refractivity contribution < 1.29 is 19.4 Å². The Kier molecular flexibility index (Phi) is 4.97. The Labute approximate surface area is 158 Å². The number of aliphatic hydroxyl groups is 1. The molecule has 2 saturated heterocycles. The van der Waals surface area contributed by atoms with Crippen molar-refractivity contribution in [2.24, 2.45) is 0 Å². The zero-order valence-electron chi connectivity index (χ0n) is 15.7. The van der Waals surface area contributed by atoms with Crippen LogP contribution in [0.15, 0.2) is 30.5 Å². The molecule has 27 heavy (non-hydrogen) atoms. The van der Waals surface area contributed by atoms with Gasteiger partial charge in [0.15, 0.2) is 0 Å². The quantitative estimate of drug-likeness (QED) is 0.812. The smallest absolute Gasteiger partial charge is 0.410 e. The Bertz CT molecular complexity index is 797. The minimum atomic E-state index is -0.563. The predicted octanol–water partition coefficient (Wildman–Crippen LogP) is 2.21. The van der Waals surface area contributed by atoms with Crippen LogP contribution in [0, 0.1) is 0 Å². The number of benzene rings is 1. The number of hydrogen-bond acceptors (Lipinski definition) is 5. The van der Waals surface area contributed by atoms with Crippen molar-refractivity contribution in [2.75, 3.05) is 39.3 Å². The van der Waals surface area contributed by atoms with Gasteiger partial charge in [-0.2, -0.15) is 0 Å². The zero-order valence-corrected chi connectivity index (χ0v) is 15.7. The molecule has 0 bridgehead atoms. The largest absolute Gasteiger partial charge is 0.490 e. The van der Waals surface area contributed by atoms with Crippen LogP contribution in [0.5, 0.6) is 5.75 Å². The van der Waals surface area contributed by atoms with Crippen LogP contribution in [0.3, 0.4) is 0 Å². The van der Waals surface area contributed by atoms with E-state index in [1.165, 1.54) is 0 Å². The third-order valence-electron chi connectivity index (χ3n) is 5.65. The Morgan fingerprint density at radius 1 is 1.33 bits per heavy atom. The highest BCUT2D eigenvalue weighted by Gasteiger charge is 2.46. The van der Waals surface area contributed by atoms with E-state index in [4.69, 9.17) is 9.47 Å². The molecule has 1 spiro atoms. The second-order valence-corrected chi connectivity index (χ2v) is 7.53. The van der Waals surface area contributed by atoms with E-state index in [0.717, 1.165) is 42.6 Å². The number of nitrogens with zero attached hydrogens (tertiary/aromatic N) is 2. The summed E-state index contributed by atoms with van der Waals surface area (Å²) in [4.78, 5) is 19.0. The molecule has 2 N–H and O–H groups in total. The van der Waals surface area contributed by atoms with Crippen LogP contribution in [0.4, 0.5) is 4.79 Å². The van der Waals surface area contributed by atoms with Crippen molar-refractivity contribution in [3.8, 4) is 5.75 Å². The van der Waals surface area contributed by atoms with Crippen molar-refractivity contribution >= 4 is 17.0 Å². The van der Waals surface area contributed by atoms with Crippen LogP contribution >= 0.6 is 0 Å². The Hall–Kier alpha value is -2.25. The first-order valence-electron chi connectivity index (χ1n) is 9.66. The van der Waals surface area contributed by atoms with Crippen LogP contribution in [-0.2, 0) is 4.74 Å². The van der Waals surface area contributed by atoms with Gasteiger partial charge in [-0.25, -0.2) is 4.79 Å². The number of carbonyl (C=O) groups excluding carboxylic acids is 1. The van der Waals surface area contributed by atoms with E-state index in [0.29, 0.717) is 19.6 Å². The lowest BCUT2D eigenvalue weighted by molar-refractivity contribution is -0.0143.